The summed E-state index contributed by atoms with van der Waals surface area (Å²) in [5.41, 5.74) is -0.675. The van der Waals surface area contributed by atoms with Gasteiger partial charge in [0.25, 0.3) is 0 Å². The van der Waals surface area contributed by atoms with Crippen LogP contribution in [0.4, 0.5) is 0 Å². The first-order chi connectivity index (χ1) is 6.79. The Morgan fingerprint density at radius 3 is 2.00 bits per heavy atom. The molecule has 0 aliphatic rings. The first-order valence-electron chi connectivity index (χ1n) is 5.02. The Balaban J connectivity index is 4.06. The van der Waals surface area contributed by atoms with Crippen LogP contribution in [0.1, 0.15) is 40.5 Å². The normalized spacial score (nSPS) is 10.9. The lowest BCUT2D eigenvalue weighted by Gasteiger charge is -2.14. The van der Waals surface area contributed by atoms with Crippen LogP contribution in [0.3, 0.4) is 0 Å². The van der Waals surface area contributed by atoms with Gasteiger partial charge < -0.3 is 4.74 Å². The standard InChI is InChI=1S/C11H18O4/c1-5-15-9(13)7-6-8(12)10(14)11(2,3)4/h5-7H2,1-4H3. The maximum Gasteiger partial charge on any atom is 0.306 e. The average Bonchev–Trinajstić information content (AvgIpc) is 2.12. The predicted molar refractivity (Wildman–Crippen MR) is 55.3 cm³/mol. The molecule has 0 heterocycles. The first kappa shape index (κ1) is 13.8. The van der Waals surface area contributed by atoms with Crippen LogP contribution in [0, 0.1) is 5.41 Å². The quantitative estimate of drug-likeness (QED) is 0.514. The van der Waals surface area contributed by atoms with Crippen LogP contribution in [-0.2, 0) is 19.1 Å². The lowest BCUT2D eigenvalue weighted by molar-refractivity contribution is -0.146. The van der Waals surface area contributed by atoms with E-state index in [4.69, 9.17) is 0 Å². The SMILES string of the molecule is CCOC(=O)CCC(=O)C(=O)C(C)(C)C. The summed E-state index contributed by atoms with van der Waals surface area (Å²) < 4.78 is 4.66. The first-order valence-corrected chi connectivity index (χ1v) is 5.02. The molecule has 0 rings (SSSR count). The van der Waals surface area contributed by atoms with Crippen molar-refractivity contribution in [1.29, 1.82) is 0 Å². The van der Waals surface area contributed by atoms with Crippen LogP contribution in [0.25, 0.3) is 0 Å². The highest BCUT2D eigenvalue weighted by molar-refractivity contribution is 6.39. The van der Waals surface area contributed by atoms with Crippen LogP contribution in [0.15, 0.2) is 0 Å². The Labute approximate surface area is 90.0 Å². The summed E-state index contributed by atoms with van der Waals surface area (Å²) in [6, 6.07) is 0. The van der Waals surface area contributed by atoms with Gasteiger partial charge in [-0.1, -0.05) is 20.8 Å². The van der Waals surface area contributed by atoms with Gasteiger partial charge in [0, 0.05) is 11.8 Å². The van der Waals surface area contributed by atoms with Crippen LogP contribution >= 0.6 is 0 Å². The largest absolute Gasteiger partial charge is 0.466 e. The minimum atomic E-state index is -0.675. The lowest BCUT2D eigenvalue weighted by Crippen LogP contribution is -2.28. The molecule has 0 aromatic rings. The molecule has 0 fully saturated rings. The monoisotopic (exact) mass is 214 g/mol. The van der Waals surface area contributed by atoms with Gasteiger partial charge in [-0.05, 0) is 6.92 Å². The van der Waals surface area contributed by atoms with Gasteiger partial charge >= 0.3 is 5.97 Å². The molecule has 0 spiro atoms. The van der Waals surface area contributed by atoms with Crippen LogP contribution in [-0.4, -0.2) is 24.1 Å². The minimum absolute atomic E-state index is 0.0194. The molecule has 15 heavy (non-hydrogen) atoms. The van der Waals surface area contributed by atoms with E-state index < -0.39 is 23.0 Å². The van der Waals surface area contributed by atoms with Crippen molar-refractivity contribution in [2.45, 2.75) is 40.5 Å². The fourth-order valence-electron chi connectivity index (χ4n) is 0.981. The summed E-state index contributed by atoms with van der Waals surface area (Å²) in [5, 5.41) is 0. The minimum Gasteiger partial charge on any atom is -0.466 e. The van der Waals surface area contributed by atoms with E-state index in [9.17, 15) is 14.4 Å². The third kappa shape index (κ3) is 5.30. The second kappa shape index (κ2) is 5.63. The molecule has 0 aliphatic heterocycles. The van der Waals surface area contributed by atoms with Gasteiger partial charge in [0.2, 0.25) is 5.78 Å². The predicted octanol–water partition coefficient (Wildman–Crippen LogP) is 1.51. The van der Waals surface area contributed by atoms with Crippen molar-refractivity contribution < 1.29 is 19.1 Å². The Kier molecular flexibility index (Phi) is 5.19. The Bertz CT molecular complexity index is 260. The number of carbonyl (C=O) groups excluding carboxylic acids is 3. The van der Waals surface area contributed by atoms with Crippen molar-refractivity contribution in [3.63, 3.8) is 0 Å². The molecule has 0 bridgehead atoms. The molecule has 0 amide bonds. The molecular formula is C11H18O4. The van der Waals surface area contributed by atoms with E-state index in [1.807, 2.05) is 0 Å². The van der Waals surface area contributed by atoms with Gasteiger partial charge in [-0.15, -0.1) is 0 Å². The van der Waals surface area contributed by atoms with Crippen molar-refractivity contribution >= 4 is 17.5 Å². The van der Waals surface area contributed by atoms with Crippen molar-refractivity contribution in [2.75, 3.05) is 6.61 Å². The number of rotatable bonds is 5. The Morgan fingerprint density at radius 1 is 1.07 bits per heavy atom. The van der Waals surface area contributed by atoms with Crippen molar-refractivity contribution in [2.24, 2.45) is 5.41 Å². The molecule has 0 radical (unpaired) electrons. The van der Waals surface area contributed by atoms with E-state index >= 15 is 0 Å². The van der Waals surface area contributed by atoms with Crippen molar-refractivity contribution in [1.82, 2.24) is 0 Å². The topological polar surface area (TPSA) is 60.4 Å². The highest BCUT2D eigenvalue weighted by Crippen LogP contribution is 2.16. The zero-order chi connectivity index (χ0) is 12.1. The molecule has 0 aliphatic carbocycles. The molecule has 4 heteroatoms. The van der Waals surface area contributed by atoms with Gasteiger partial charge in [0.05, 0.1) is 13.0 Å². The summed E-state index contributed by atoms with van der Waals surface area (Å²) in [5.74, 6) is -1.38. The van der Waals surface area contributed by atoms with E-state index in [0.717, 1.165) is 0 Å². The smallest absolute Gasteiger partial charge is 0.306 e. The number of ketones is 2. The van der Waals surface area contributed by atoms with E-state index in [0.29, 0.717) is 6.61 Å². The van der Waals surface area contributed by atoms with Crippen LogP contribution in [0.2, 0.25) is 0 Å². The number of hydrogen-bond acceptors (Lipinski definition) is 4. The van der Waals surface area contributed by atoms with Gasteiger partial charge in [-0.25, -0.2) is 0 Å². The Hall–Kier alpha value is -1.19. The van der Waals surface area contributed by atoms with E-state index in [-0.39, 0.29) is 12.8 Å². The number of Topliss-reactive ketones (excluding diaryl/α,β-unsaturated/α-hetero) is 2. The molecule has 0 atom stereocenters. The maximum absolute atomic E-state index is 11.4. The highest BCUT2D eigenvalue weighted by atomic mass is 16.5. The summed E-state index contributed by atoms with van der Waals surface area (Å²) >= 11 is 0. The summed E-state index contributed by atoms with van der Waals surface area (Å²) in [7, 11) is 0. The second-order valence-corrected chi connectivity index (χ2v) is 4.31. The fourth-order valence-corrected chi connectivity index (χ4v) is 0.981. The average molecular weight is 214 g/mol. The Morgan fingerprint density at radius 2 is 1.60 bits per heavy atom. The zero-order valence-corrected chi connectivity index (χ0v) is 9.75. The molecule has 0 aromatic carbocycles. The van der Waals surface area contributed by atoms with E-state index in [2.05, 4.69) is 4.74 Å². The third-order valence-corrected chi connectivity index (χ3v) is 1.80. The zero-order valence-electron chi connectivity index (χ0n) is 9.75. The third-order valence-electron chi connectivity index (χ3n) is 1.80. The second-order valence-electron chi connectivity index (χ2n) is 4.31. The van der Waals surface area contributed by atoms with Gasteiger partial charge in [-0.2, -0.15) is 0 Å². The van der Waals surface area contributed by atoms with Crippen LogP contribution in [0.5, 0.6) is 0 Å². The maximum atomic E-state index is 11.4. The molecule has 0 N–H and O–H groups in total. The highest BCUT2D eigenvalue weighted by Gasteiger charge is 2.27. The fraction of sp³-hybridized carbons (Fsp3) is 0.727. The molecule has 0 unspecified atom stereocenters. The van der Waals surface area contributed by atoms with Gasteiger partial charge in [-0.3, -0.25) is 14.4 Å². The molecule has 0 saturated heterocycles. The van der Waals surface area contributed by atoms with Crippen molar-refractivity contribution in [3.05, 3.63) is 0 Å². The number of carbonyl (C=O) groups is 3. The molecule has 86 valence electrons. The number of ether oxygens (including phenoxy) is 1. The number of esters is 1. The number of hydrogen-bond donors (Lipinski definition) is 0. The van der Waals surface area contributed by atoms with Crippen LogP contribution < -0.4 is 0 Å². The molecule has 0 saturated carbocycles. The lowest BCUT2D eigenvalue weighted by atomic mass is 9.87. The van der Waals surface area contributed by atoms with Gasteiger partial charge in [0.15, 0.2) is 5.78 Å². The summed E-state index contributed by atoms with van der Waals surface area (Å²) in [6.45, 7) is 7.02. The molecular weight excluding hydrogens is 196 g/mol. The molecule has 4 nitrogen and oxygen atoms in total. The van der Waals surface area contributed by atoms with Gasteiger partial charge in [0.1, 0.15) is 0 Å². The summed E-state index contributed by atoms with van der Waals surface area (Å²) in [4.78, 5) is 33.7. The van der Waals surface area contributed by atoms with E-state index in [1.165, 1.54) is 0 Å². The van der Waals surface area contributed by atoms with E-state index in [1.54, 1.807) is 27.7 Å². The van der Waals surface area contributed by atoms with Crippen molar-refractivity contribution in [3.8, 4) is 0 Å². The summed E-state index contributed by atoms with van der Waals surface area (Å²) in [6.07, 6.45) is -0.0799. The molecule has 0 aromatic heterocycles.